The third-order valence-electron chi connectivity index (χ3n) is 8.07. The molecule has 7 aromatic rings. The standard InChI is InChI=1S/C35H26N2/c1-2-9-26(10-3-1)36-34-16-8-13-30(34)31-23-25(19-22-35(31)36)24-17-20-27(21-18-24)37-32-14-6-4-11-28(32)29-12-5-7-15-33(29)37/h1-7,9-12,14-15,17-23H,8,13,16H2. The molecule has 0 atom stereocenters. The smallest absolute Gasteiger partial charge is 0.0541 e. The van der Waals surface area contributed by atoms with E-state index < -0.39 is 0 Å². The van der Waals surface area contributed by atoms with Gasteiger partial charge >= 0.3 is 0 Å². The highest BCUT2D eigenvalue weighted by Gasteiger charge is 2.22. The molecule has 2 heteroatoms. The lowest BCUT2D eigenvalue weighted by Gasteiger charge is -2.11. The van der Waals surface area contributed by atoms with Crippen LogP contribution in [0.1, 0.15) is 17.7 Å². The van der Waals surface area contributed by atoms with Crippen molar-refractivity contribution in [1.29, 1.82) is 0 Å². The second-order valence-electron chi connectivity index (χ2n) is 10.1. The Labute approximate surface area is 216 Å². The van der Waals surface area contributed by atoms with Crippen LogP contribution in [0.2, 0.25) is 0 Å². The van der Waals surface area contributed by atoms with E-state index in [1.54, 1.807) is 0 Å². The van der Waals surface area contributed by atoms with E-state index in [-0.39, 0.29) is 0 Å². The molecule has 0 unspecified atom stereocenters. The van der Waals surface area contributed by atoms with Gasteiger partial charge in [0, 0.05) is 33.2 Å². The molecule has 0 radical (unpaired) electrons. The van der Waals surface area contributed by atoms with Gasteiger partial charge in [-0.15, -0.1) is 0 Å². The van der Waals surface area contributed by atoms with Gasteiger partial charge in [-0.1, -0.05) is 72.8 Å². The van der Waals surface area contributed by atoms with E-state index in [1.807, 2.05) is 0 Å². The van der Waals surface area contributed by atoms with Crippen molar-refractivity contribution in [1.82, 2.24) is 9.13 Å². The molecule has 5 aromatic carbocycles. The quantitative estimate of drug-likeness (QED) is 0.242. The Bertz CT molecular complexity index is 1880. The summed E-state index contributed by atoms with van der Waals surface area (Å²) in [7, 11) is 0. The fraction of sp³-hybridized carbons (Fsp3) is 0.0857. The Kier molecular flexibility index (Phi) is 4.44. The molecule has 0 amide bonds. The van der Waals surface area contributed by atoms with E-state index in [2.05, 4.69) is 130 Å². The first-order valence-corrected chi connectivity index (χ1v) is 13.2. The molecule has 37 heavy (non-hydrogen) atoms. The zero-order valence-electron chi connectivity index (χ0n) is 20.6. The maximum absolute atomic E-state index is 2.48. The Morgan fingerprint density at radius 3 is 1.76 bits per heavy atom. The lowest BCUT2D eigenvalue weighted by molar-refractivity contribution is 0.874. The van der Waals surface area contributed by atoms with Crippen LogP contribution in [0, 0.1) is 0 Å². The predicted octanol–water partition coefficient (Wildman–Crippen LogP) is 8.88. The molecule has 0 N–H and O–H groups in total. The van der Waals surface area contributed by atoms with E-state index in [9.17, 15) is 0 Å². The largest absolute Gasteiger partial charge is 0.313 e. The summed E-state index contributed by atoms with van der Waals surface area (Å²) in [5, 5.41) is 3.99. The highest BCUT2D eigenvalue weighted by atomic mass is 15.0. The van der Waals surface area contributed by atoms with Gasteiger partial charge in [0.2, 0.25) is 0 Å². The van der Waals surface area contributed by atoms with Crippen LogP contribution in [0.25, 0.3) is 55.2 Å². The second-order valence-corrected chi connectivity index (χ2v) is 10.1. The normalized spacial score (nSPS) is 13.1. The summed E-state index contributed by atoms with van der Waals surface area (Å²) in [4.78, 5) is 0. The summed E-state index contributed by atoms with van der Waals surface area (Å²) in [6.45, 7) is 0. The number of hydrogen-bond acceptors (Lipinski definition) is 0. The number of fused-ring (bicyclic) bond motifs is 6. The molecule has 1 aliphatic rings. The minimum absolute atomic E-state index is 1.15. The fourth-order valence-corrected chi connectivity index (χ4v) is 6.44. The van der Waals surface area contributed by atoms with Gasteiger partial charge in [0.1, 0.15) is 0 Å². The Morgan fingerprint density at radius 1 is 0.432 bits per heavy atom. The molecular formula is C35H26N2. The van der Waals surface area contributed by atoms with Crippen molar-refractivity contribution in [3.05, 3.63) is 133 Å². The number of benzene rings is 5. The van der Waals surface area contributed by atoms with Crippen LogP contribution in [0.15, 0.2) is 121 Å². The average Bonchev–Trinajstić information content (AvgIpc) is 3.65. The highest BCUT2D eigenvalue weighted by Crippen LogP contribution is 2.38. The zero-order valence-corrected chi connectivity index (χ0v) is 20.6. The van der Waals surface area contributed by atoms with Gasteiger partial charge in [-0.2, -0.15) is 0 Å². The molecule has 176 valence electrons. The Balaban J connectivity index is 1.25. The van der Waals surface area contributed by atoms with Crippen LogP contribution >= 0.6 is 0 Å². The van der Waals surface area contributed by atoms with Crippen LogP contribution in [0.4, 0.5) is 0 Å². The van der Waals surface area contributed by atoms with Crippen molar-refractivity contribution in [2.45, 2.75) is 19.3 Å². The molecule has 8 rings (SSSR count). The Hall–Kier alpha value is -4.56. The van der Waals surface area contributed by atoms with Gasteiger partial charge in [0.25, 0.3) is 0 Å². The summed E-state index contributed by atoms with van der Waals surface area (Å²) in [5.74, 6) is 0. The van der Waals surface area contributed by atoms with Crippen molar-refractivity contribution in [3.8, 4) is 22.5 Å². The van der Waals surface area contributed by atoms with Gasteiger partial charge in [0.05, 0.1) is 16.6 Å². The van der Waals surface area contributed by atoms with Crippen molar-refractivity contribution < 1.29 is 0 Å². The van der Waals surface area contributed by atoms with E-state index in [0.717, 1.165) is 6.42 Å². The molecule has 0 spiro atoms. The third kappa shape index (κ3) is 3.06. The van der Waals surface area contributed by atoms with E-state index >= 15 is 0 Å². The van der Waals surface area contributed by atoms with Crippen LogP contribution in [0.3, 0.4) is 0 Å². The summed E-state index contributed by atoms with van der Waals surface area (Å²) >= 11 is 0. The number of aryl methyl sites for hydroxylation is 1. The first kappa shape index (κ1) is 20.6. The molecule has 2 nitrogen and oxygen atoms in total. The van der Waals surface area contributed by atoms with E-state index in [4.69, 9.17) is 0 Å². The van der Waals surface area contributed by atoms with E-state index in [0.29, 0.717) is 0 Å². The van der Waals surface area contributed by atoms with Crippen molar-refractivity contribution >= 4 is 32.7 Å². The summed E-state index contributed by atoms with van der Waals surface area (Å²) in [6.07, 6.45) is 3.56. The van der Waals surface area contributed by atoms with Crippen molar-refractivity contribution in [2.24, 2.45) is 0 Å². The van der Waals surface area contributed by atoms with Crippen LogP contribution in [-0.2, 0) is 12.8 Å². The molecule has 2 aromatic heterocycles. The lowest BCUT2D eigenvalue weighted by Crippen LogP contribution is -1.98. The average molecular weight is 475 g/mol. The summed E-state index contributed by atoms with van der Waals surface area (Å²) < 4.78 is 4.86. The maximum Gasteiger partial charge on any atom is 0.0541 e. The second kappa shape index (κ2) is 7.97. The van der Waals surface area contributed by atoms with Gasteiger partial charge in [-0.3, -0.25) is 0 Å². The van der Waals surface area contributed by atoms with Crippen molar-refractivity contribution in [3.63, 3.8) is 0 Å². The molecule has 0 saturated carbocycles. The van der Waals surface area contributed by atoms with Crippen LogP contribution in [-0.4, -0.2) is 9.13 Å². The first-order chi connectivity index (χ1) is 18.4. The Morgan fingerprint density at radius 2 is 1.03 bits per heavy atom. The van der Waals surface area contributed by atoms with E-state index in [1.165, 1.54) is 79.3 Å². The number of rotatable bonds is 3. The SMILES string of the molecule is c1ccc(-n2c3c(c4cc(-c5ccc(-n6c7ccccc7c7ccccc76)cc5)ccc42)CCC3)cc1. The topological polar surface area (TPSA) is 9.86 Å². The zero-order chi connectivity index (χ0) is 24.3. The number of hydrogen-bond donors (Lipinski definition) is 0. The fourth-order valence-electron chi connectivity index (χ4n) is 6.44. The third-order valence-corrected chi connectivity index (χ3v) is 8.07. The molecule has 1 aliphatic carbocycles. The highest BCUT2D eigenvalue weighted by molar-refractivity contribution is 6.09. The number of nitrogens with zero attached hydrogens (tertiary/aromatic N) is 2. The minimum atomic E-state index is 1.15. The summed E-state index contributed by atoms with van der Waals surface area (Å²) in [5.41, 5.74) is 11.8. The van der Waals surface area contributed by atoms with Gasteiger partial charge < -0.3 is 9.13 Å². The first-order valence-electron chi connectivity index (χ1n) is 13.2. The predicted molar refractivity (Wildman–Crippen MR) is 155 cm³/mol. The molecular weight excluding hydrogens is 448 g/mol. The lowest BCUT2D eigenvalue weighted by atomic mass is 10.0. The number of aromatic nitrogens is 2. The molecule has 0 bridgehead atoms. The maximum atomic E-state index is 2.48. The van der Waals surface area contributed by atoms with Gasteiger partial charge in [-0.25, -0.2) is 0 Å². The minimum Gasteiger partial charge on any atom is -0.313 e. The monoisotopic (exact) mass is 474 g/mol. The molecule has 0 aliphatic heterocycles. The van der Waals surface area contributed by atoms with Crippen LogP contribution in [0.5, 0.6) is 0 Å². The summed E-state index contributed by atoms with van der Waals surface area (Å²) in [6, 6.07) is 44.3. The molecule has 0 fully saturated rings. The molecule has 0 saturated heterocycles. The van der Waals surface area contributed by atoms with Crippen molar-refractivity contribution in [2.75, 3.05) is 0 Å². The van der Waals surface area contributed by atoms with Gasteiger partial charge in [0.15, 0.2) is 0 Å². The van der Waals surface area contributed by atoms with Crippen LogP contribution < -0.4 is 0 Å². The van der Waals surface area contributed by atoms with Gasteiger partial charge in [-0.05, 0) is 84.5 Å². The number of para-hydroxylation sites is 3. The molecule has 2 heterocycles.